The fourth-order valence-corrected chi connectivity index (χ4v) is 4.71. The highest BCUT2D eigenvalue weighted by Crippen LogP contribution is 2.22. The highest BCUT2D eigenvalue weighted by molar-refractivity contribution is 7.90. The number of amides is 1. The molecule has 0 unspecified atom stereocenters. The van der Waals surface area contributed by atoms with E-state index in [1.807, 2.05) is 22.8 Å². The molecule has 154 valence electrons. The lowest BCUT2D eigenvalue weighted by Crippen LogP contribution is -2.19. The first-order valence-corrected chi connectivity index (χ1v) is 11.6. The van der Waals surface area contributed by atoms with Crippen molar-refractivity contribution in [1.82, 2.24) is 4.57 Å². The van der Waals surface area contributed by atoms with Crippen LogP contribution in [0.2, 0.25) is 0 Å². The summed E-state index contributed by atoms with van der Waals surface area (Å²) >= 11 is 1.28. The summed E-state index contributed by atoms with van der Waals surface area (Å²) in [6.45, 7) is 0.941. The first-order chi connectivity index (χ1) is 13.8. The molecule has 0 N–H and O–H groups in total. The van der Waals surface area contributed by atoms with E-state index in [4.69, 9.17) is 9.47 Å². The lowest BCUT2D eigenvalue weighted by molar-refractivity contribution is -0.117. The molecule has 29 heavy (non-hydrogen) atoms. The number of fused-ring (bicyclic) bond motifs is 1. The maximum absolute atomic E-state index is 12.6. The Balaban J connectivity index is 2.02. The van der Waals surface area contributed by atoms with Crippen LogP contribution in [0.5, 0.6) is 5.75 Å². The van der Waals surface area contributed by atoms with Crippen LogP contribution in [-0.4, -0.2) is 46.0 Å². The largest absolute Gasteiger partial charge is 0.497 e. The van der Waals surface area contributed by atoms with Gasteiger partial charge in [0.05, 0.1) is 35.2 Å². The molecule has 1 amide bonds. The molecule has 2 aromatic carbocycles. The molecule has 7 nitrogen and oxygen atoms in total. The number of rotatable bonds is 7. The molecular formula is C20H22N2O5S2. The molecule has 9 heteroatoms. The second kappa shape index (κ2) is 8.89. The van der Waals surface area contributed by atoms with Gasteiger partial charge in [0.25, 0.3) is 5.91 Å². The van der Waals surface area contributed by atoms with E-state index in [9.17, 15) is 13.2 Å². The van der Waals surface area contributed by atoms with E-state index in [2.05, 4.69) is 4.99 Å². The van der Waals surface area contributed by atoms with Crippen molar-refractivity contribution >= 4 is 37.3 Å². The first kappa shape index (κ1) is 21.2. The van der Waals surface area contributed by atoms with Crippen LogP contribution in [0.25, 0.3) is 10.2 Å². The lowest BCUT2D eigenvalue weighted by atomic mass is 10.1. The van der Waals surface area contributed by atoms with Gasteiger partial charge in [-0.25, -0.2) is 8.42 Å². The van der Waals surface area contributed by atoms with Crippen LogP contribution < -0.4 is 9.54 Å². The van der Waals surface area contributed by atoms with Gasteiger partial charge >= 0.3 is 0 Å². The minimum atomic E-state index is -3.32. The van der Waals surface area contributed by atoms with Crippen molar-refractivity contribution < 1.29 is 22.7 Å². The summed E-state index contributed by atoms with van der Waals surface area (Å²) in [7, 11) is -0.148. The minimum absolute atomic E-state index is 0.143. The number of benzene rings is 2. The number of aromatic nitrogens is 1. The quantitative estimate of drug-likeness (QED) is 0.570. The van der Waals surface area contributed by atoms with Crippen molar-refractivity contribution in [3.63, 3.8) is 0 Å². The summed E-state index contributed by atoms with van der Waals surface area (Å²) < 4.78 is 36.7. The number of carbonyl (C=O) groups is 1. The Morgan fingerprint density at radius 3 is 2.66 bits per heavy atom. The average Bonchev–Trinajstić information content (AvgIpc) is 3.01. The van der Waals surface area contributed by atoms with Crippen LogP contribution in [0, 0.1) is 0 Å². The van der Waals surface area contributed by atoms with Gasteiger partial charge < -0.3 is 14.0 Å². The van der Waals surface area contributed by atoms with Crippen molar-refractivity contribution in [2.75, 3.05) is 27.1 Å². The van der Waals surface area contributed by atoms with E-state index in [1.165, 1.54) is 17.6 Å². The summed E-state index contributed by atoms with van der Waals surface area (Å²) in [5.41, 5.74) is 1.62. The number of ether oxygens (including phenoxy) is 2. The maximum Gasteiger partial charge on any atom is 0.252 e. The fourth-order valence-electron chi connectivity index (χ4n) is 2.87. The Morgan fingerprint density at radius 1 is 1.17 bits per heavy atom. The molecule has 3 aromatic rings. The normalized spacial score (nSPS) is 12.4. The van der Waals surface area contributed by atoms with Crippen LogP contribution in [0.1, 0.15) is 5.56 Å². The Kier molecular flexibility index (Phi) is 6.51. The molecule has 0 aliphatic rings. The standard InChI is InChI=1S/C20H22N2O5S2/c1-26-10-9-22-17-8-7-16(29(3,24)25)13-18(17)28-20(22)21-19(23)12-14-5-4-6-15(11-14)27-2/h4-8,11,13H,9-10,12H2,1-3H3. The molecular weight excluding hydrogens is 412 g/mol. The SMILES string of the molecule is COCCn1c(=NC(=O)Cc2cccc(OC)c2)sc2cc(S(C)(=O)=O)ccc21. The van der Waals surface area contributed by atoms with Crippen LogP contribution >= 0.6 is 11.3 Å². The van der Waals surface area contributed by atoms with E-state index in [1.54, 1.807) is 38.5 Å². The Labute approximate surface area is 173 Å². The number of thiazole rings is 1. The van der Waals surface area contributed by atoms with Gasteiger partial charge in [0.2, 0.25) is 0 Å². The molecule has 1 aromatic heterocycles. The molecule has 3 rings (SSSR count). The number of nitrogens with zero attached hydrogens (tertiary/aromatic N) is 2. The number of sulfone groups is 1. The van der Waals surface area contributed by atoms with Gasteiger partial charge in [-0.15, -0.1) is 0 Å². The third-order valence-corrected chi connectivity index (χ3v) is 6.46. The summed E-state index contributed by atoms with van der Waals surface area (Å²) in [6.07, 6.45) is 1.31. The highest BCUT2D eigenvalue weighted by atomic mass is 32.2. The van der Waals surface area contributed by atoms with E-state index >= 15 is 0 Å². The summed E-state index contributed by atoms with van der Waals surface area (Å²) in [5.74, 6) is 0.389. The van der Waals surface area contributed by atoms with Crippen LogP contribution in [-0.2, 0) is 32.3 Å². The molecule has 0 atom stereocenters. The molecule has 0 saturated heterocycles. The second-order valence-electron chi connectivity index (χ2n) is 6.46. The summed E-state index contributed by atoms with van der Waals surface area (Å²) in [6, 6.07) is 12.2. The van der Waals surface area contributed by atoms with Crippen molar-refractivity contribution in [2.24, 2.45) is 4.99 Å². The molecule has 0 saturated carbocycles. The van der Waals surface area contributed by atoms with Crippen LogP contribution in [0.15, 0.2) is 52.4 Å². The van der Waals surface area contributed by atoms with Gasteiger partial charge in [-0.05, 0) is 35.9 Å². The van der Waals surface area contributed by atoms with Gasteiger partial charge in [-0.1, -0.05) is 23.5 Å². The zero-order valence-electron chi connectivity index (χ0n) is 16.4. The number of methoxy groups -OCH3 is 2. The van der Waals surface area contributed by atoms with Gasteiger partial charge in [-0.2, -0.15) is 4.99 Å². The topological polar surface area (TPSA) is 87.0 Å². The predicted molar refractivity (Wildman–Crippen MR) is 112 cm³/mol. The molecule has 0 spiro atoms. The monoisotopic (exact) mass is 434 g/mol. The van der Waals surface area contributed by atoms with Crippen molar-refractivity contribution in [3.05, 3.63) is 52.8 Å². The van der Waals surface area contributed by atoms with E-state index in [0.717, 1.165) is 15.8 Å². The average molecular weight is 435 g/mol. The molecule has 0 radical (unpaired) electrons. The lowest BCUT2D eigenvalue weighted by Gasteiger charge is -2.05. The minimum Gasteiger partial charge on any atom is -0.497 e. The number of hydrogen-bond acceptors (Lipinski definition) is 6. The van der Waals surface area contributed by atoms with E-state index in [-0.39, 0.29) is 17.2 Å². The molecule has 0 aliphatic heterocycles. The first-order valence-electron chi connectivity index (χ1n) is 8.84. The van der Waals surface area contributed by atoms with Gasteiger partial charge in [-0.3, -0.25) is 4.79 Å². The van der Waals surface area contributed by atoms with E-state index < -0.39 is 9.84 Å². The predicted octanol–water partition coefficient (Wildman–Crippen LogP) is 2.43. The zero-order valence-corrected chi connectivity index (χ0v) is 18.0. The van der Waals surface area contributed by atoms with Crippen LogP contribution in [0.3, 0.4) is 0 Å². The van der Waals surface area contributed by atoms with E-state index in [0.29, 0.717) is 23.7 Å². The van der Waals surface area contributed by atoms with Crippen molar-refractivity contribution in [1.29, 1.82) is 0 Å². The Bertz CT molecular complexity index is 1210. The Hall–Kier alpha value is -2.49. The van der Waals surface area contributed by atoms with Gasteiger partial charge in [0.15, 0.2) is 14.6 Å². The third kappa shape index (κ3) is 5.11. The van der Waals surface area contributed by atoms with Gasteiger partial charge in [0, 0.05) is 19.9 Å². The van der Waals surface area contributed by atoms with Gasteiger partial charge in [0.1, 0.15) is 5.75 Å². The maximum atomic E-state index is 12.6. The zero-order chi connectivity index (χ0) is 21.0. The van der Waals surface area contributed by atoms with Crippen molar-refractivity contribution in [3.8, 4) is 5.75 Å². The Morgan fingerprint density at radius 2 is 1.97 bits per heavy atom. The third-order valence-electron chi connectivity index (χ3n) is 4.31. The number of hydrogen-bond donors (Lipinski definition) is 0. The molecule has 0 bridgehead atoms. The molecule has 1 heterocycles. The fraction of sp³-hybridized carbons (Fsp3) is 0.300. The van der Waals surface area contributed by atoms with Crippen LogP contribution in [0.4, 0.5) is 0 Å². The summed E-state index contributed by atoms with van der Waals surface area (Å²) in [4.78, 5) is 17.6. The highest BCUT2D eigenvalue weighted by Gasteiger charge is 2.13. The second-order valence-corrected chi connectivity index (χ2v) is 9.49. The molecule has 0 aliphatic carbocycles. The molecule has 0 fully saturated rings. The smallest absolute Gasteiger partial charge is 0.252 e. The number of carbonyl (C=O) groups excluding carboxylic acids is 1. The summed E-state index contributed by atoms with van der Waals surface area (Å²) in [5, 5.41) is 0. The van der Waals surface area contributed by atoms with Crippen molar-refractivity contribution in [2.45, 2.75) is 17.9 Å².